The van der Waals surface area contributed by atoms with Crippen molar-refractivity contribution in [3.8, 4) is 5.75 Å². The zero-order valence-corrected chi connectivity index (χ0v) is 17.0. The summed E-state index contributed by atoms with van der Waals surface area (Å²) in [6, 6.07) is 9.56. The number of methoxy groups -OCH3 is 1. The Hall–Kier alpha value is -3.94. The van der Waals surface area contributed by atoms with Gasteiger partial charge in [-0.3, -0.25) is 14.6 Å². The first-order valence-electron chi connectivity index (χ1n) is 9.88. The van der Waals surface area contributed by atoms with Gasteiger partial charge in [-0.05, 0) is 36.2 Å². The second kappa shape index (κ2) is 8.83. The molecule has 0 radical (unpaired) electrons. The number of imidazole rings is 1. The molecule has 1 aliphatic rings. The third kappa shape index (κ3) is 4.05. The van der Waals surface area contributed by atoms with E-state index in [9.17, 15) is 14.7 Å². The van der Waals surface area contributed by atoms with Gasteiger partial charge < -0.3 is 19.3 Å². The molecule has 3 heterocycles. The van der Waals surface area contributed by atoms with Gasteiger partial charge in [0.2, 0.25) is 0 Å². The summed E-state index contributed by atoms with van der Waals surface area (Å²) < 4.78 is 7.14. The number of nitrogens with zero attached hydrogens (tertiary/aromatic N) is 4. The third-order valence-electron chi connectivity index (χ3n) is 5.28. The van der Waals surface area contributed by atoms with Gasteiger partial charge in [0.05, 0.1) is 25.1 Å². The summed E-state index contributed by atoms with van der Waals surface area (Å²) in [5.74, 6) is -1.02. The van der Waals surface area contributed by atoms with Crippen molar-refractivity contribution in [2.24, 2.45) is 0 Å². The largest absolute Gasteiger partial charge is 0.507 e. The lowest BCUT2D eigenvalue weighted by Crippen LogP contribution is -2.31. The molecule has 2 aromatic heterocycles. The number of carbonyl (C=O) groups excluding carboxylic acids is 2. The van der Waals surface area contributed by atoms with Crippen LogP contribution >= 0.6 is 0 Å². The highest BCUT2D eigenvalue weighted by atomic mass is 16.5. The lowest BCUT2D eigenvalue weighted by molar-refractivity contribution is -0.139. The smallest absolute Gasteiger partial charge is 0.295 e. The number of Topliss-reactive ketones (excluding diaryl/α,β-unsaturated/α-hetero) is 1. The summed E-state index contributed by atoms with van der Waals surface area (Å²) in [4.78, 5) is 35.5. The topological polar surface area (TPSA) is 97.6 Å². The van der Waals surface area contributed by atoms with Crippen molar-refractivity contribution in [3.05, 3.63) is 84.2 Å². The van der Waals surface area contributed by atoms with E-state index < -0.39 is 17.7 Å². The number of ether oxygens (including phenoxy) is 1. The summed E-state index contributed by atoms with van der Waals surface area (Å²) in [7, 11) is 1.52. The van der Waals surface area contributed by atoms with Crippen molar-refractivity contribution in [2.45, 2.75) is 19.0 Å². The van der Waals surface area contributed by atoms with Gasteiger partial charge in [0.1, 0.15) is 11.5 Å². The van der Waals surface area contributed by atoms with Crippen molar-refractivity contribution >= 4 is 17.4 Å². The minimum Gasteiger partial charge on any atom is -0.507 e. The van der Waals surface area contributed by atoms with Gasteiger partial charge in [0.25, 0.3) is 11.7 Å². The van der Waals surface area contributed by atoms with Gasteiger partial charge >= 0.3 is 0 Å². The quantitative estimate of drug-likeness (QED) is 0.360. The number of aliphatic hydroxyl groups is 1. The maximum atomic E-state index is 13.0. The lowest BCUT2D eigenvalue weighted by Gasteiger charge is -2.25. The second-order valence-corrected chi connectivity index (χ2v) is 7.16. The lowest BCUT2D eigenvalue weighted by atomic mass is 9.96. The van der Waals surface area contributed by atoms with Crippen LogP contribution < -0.4 is 4.74 Å². The summed E-state index contributed by atoms with van der Waals surface area (Å²) in [5, 5.41) is 11.0. The van der Waals surface area contributed by atoms with E-state index in [0.717, 1.165) is 0 Å². The maximum absolute atomic E-state index is 13.0. The number of carbonyl (C=O) groups is 2. The van der Waals surface area contributed by atoms with Crippen molar-refractivity contribution in [1.82, 2.24) is 19.4 Å². The van der Waals surface area contributed by atoms with Crippen LogP contribution in [0.1, 0.15) is 23.6 Å². The number of pyridine rings is 1. The molecule has 1 aliphatic heterocycles. The molecule has 3 aromatic rings. The number of hydrogen-bond donors (Lipinski definition) is 1. The fraction of sp³-hybridized carbons (Fsp3) is 0.217. The predicted octanol–water partition coefficient (Wildman–Crippen LogP) is 2.80. The Labute approximate surface area is 179 Å². The van der Waals surface area contributed by atoms with Crippen LogP contribution in [0.2, 0.25) is 0 Å². The SMILES string of the molecule is COc1cccc(/C(O)=C2\C(=O)C(=O)N(CCCn3ccnc3)[C@H]2c2ccncc2)c1. The Bertz CT molecular complexity index is 1110. The van der Waals surface area contributed by atoms with Crippen molar-refractivity contribution < 1.29 is 19.4 Å². The molecule has 0 saturated carbocycles. The molecule has 1 N–H and O–H groups in total. The Morgan fingerprint density at radius 1 is 1.10 bits per heavy atom. The van der Waals surface area contributed by atoms with E-state index in [0.29, 0.717) is 36.4 Å². The molecular formula is C23H22N4O4. The molecule has 1 saturated heterocycles. The Kier molecular flexibility index (Phi) is 5.79. The molecule has 1 aromatic carbocycles. The normalized spacial score (nSPS) is 17.8. The van der Waals surface area contributed by atoms with Crippen molar-refractivity contribution in [1.29, 1.82) is 0 Å². The van der Waals surface area contributed by atoms with Gasteiger partial charge in [-0.25, -0.2) is 4.98 Å². The summed E-state index contributed by atoms with van der Waals surface area (Å²) in [5.41, 5.74) is 1.18. The first kappa shape index (κ1) is 20.3. The van der Waals surface area contributed by atoms with Crippen LogP contribution in [0, 0.1) is 0 Å². The number of aliphatic hydroxyl groups excluding tert-OH is 1. The number of benzene rings is 1. The number of hydrogen-bond acceptors (Lipinski definition) is 6. The minimum atomic E-state index is -0.704. The fourth-order valence-electron chi connectivity index (χ4n) is 3.77. The Morgan fingerprint density at radius 2 is 1.90 bits per heavy atom. The summed E-state index contributed by atoms with van der Waals surface area (Å²) in [6.07, 6.45) is 9.08. The fourth-order valence-corrected chi connectivity index (χ4v) is 3.77. The molecule has 4 rings (SSSR count). The Balaban J connectivity index is 1.72. The van der Waals surface area contributed by atoms with Crippen LogP contribution in [0.15, 0.2) is 73.1 Å². The number of aromatic nitrogens is 3. The van der Waals surface area contributed by atoms with Crippen molar-refractivity contribution in [3.63, 3.8) is 0 Å². The van der Waals surface area contributed by atoms with E-state index in [-0.39, 0.29) is 11.3 Å². The molecule has 0 spiro atoms. The average Bonchev–Trinajstić information content (AvgIpc) is 3.41. The first-order chi connectivity index (χ1) is 15.1. The maximum Gasteiger partial charge on any atom is 0.295 e. The summed E-state index contributed by atoms with van der Waals surface area (Å²) >= 11 is 0. The number of ketones is 1. The van der Waals surface area contributed by atoms with E-state index in [4.69, 9.17) is 4.74 Å². The standard InChI is InChI=1S/C23H22N4O4/c1-31-18-5-2-4-17(14-18)21(28)19-20(16-6-8-24-9-7-16)27(23(30)22(19)29)12-3-11-26-13-10-25-15-26/h2,4-10,13-15,20,28H,3,11-12H2,1H3/b21-19+/t20-/m0/s1. The zero-order valence-electron chi connectivity index (χ0n) is 17.0. The highest BCUT2D eigenvalue weighted by Gasteiger charge is 2.45. The number of aryl methyl sites for hydroxylation is 1. The highest BCUT2D eigenvalue weighted by Crippen LogP contribution is 2.39. The minimum absolute atomic E-state index is 0.0621. The van der Waals surface area contributed by atoms with Gasteiger partial charge in [-0.2, -0.15) is 0 Å². The van der Waals surface area contributed by atoms with E-state index in [1.807, 2.05) is 10.8 Å². The molecule has 31 heavy (non-hydrogen) atoms. The third-order valence-corrected chi connectivity index (χ3v) is 5.28. The molecule has 1 fully saturated rings. The first-order valence-corrected chi connectivity index (χ1v) is 9.88. The molecule has 0 unspecified atom stereocenters. The molecule has 1 amide bonds. The number of rotatable bonds is 7. The molecular weight excluding hydrogens is 396 g/mol. The molecule has 0 bridgehead atoms. The molecule has 1 atom stereocenters. The predicted molar refractivity (Wildman–Crippen MR) is 113 cm³/mol. The second-order valence-electron chi connectivity index (χ2n) is 7.16. The van der Waals surface area contributed by atoms with Gasteiger partial charge in [0, 0.05) is 43.4 Å². The van der Waals surface area contributed by atoms with E-state index in [1.165, 1.54) is 12.0 Å². The number of amides is 1. The molecule has 8 heteroatoms. The Morgan fingerprint density at radius 3 is 2.61 bits per heavy atom. The van der Waals surface area contributed by atoms with Gasteiger partial charge in [0.15, 0.2) is 0 Å². The van der Waals surface area contributed by atoms with Crippen LogP contribution in [0.3, 0.4) is 0 Å². The average molecular weight is 418 g/mol. The summed E-state index contributed by atoms with van der Waals surface area (Å²) in [6.45, 7) is 1.01. The molecule has 8 nitrogen and oxygen atoms in total. The van der Waals surface area contributed by atoms with Gasteiger partial charge in [-0.15, -0.1) is 0 Å². The highest BCUT2D eigenvalue weighted by molar-refractivity contribution is 6.46. The van der Waals surface area contributed by atoms with Gasteiger partial charge in [-0.1, -0.05) is 12.1 Å². The van der Waals surface area contributed by atoms with E-state index in [2.05, 4.69) is 9.97 Å². The van der Waals surface area contributed by atoms with E-state index in [1.54, 1.807) is 61.3 Å². The monoisotopic (exact) mass is 418 g/mol. The van der Waals surface area contributed by atoms with Crippen molar-refractivity contribution in [2.75, 3.05) is 13.7 Å². The van der Waals surface area contributed by atoms with E-state index >= 15 is 0 Å². The van der Waals surface area contributed by atoms with Crippen LogP contribution in [0.25, 0.3) is 5.76 Å². The zero-order chi connectivity index (χ0) is 21.8. The molecule has 0 aliphatic carbocycles. The van der Waals surface area contributed by atoms with Crippen LogP contribution in [0.4, 0.5) is 0 Å². The van der Waals surface area contributed by atoms with Crippen LogP contribution in [-0.2, 0) is 16.1 Å². The number of likely N-dealkylation sites (tertiary alicyclic amines) is 1. The molecule has 158 valence electrons. The van der Waals surface area contributed by atoms with Crippen LogP contribution in [0.5, 0.6) is 5.75 Å². The van der Waals surface area contributed by atoms with Crippen LogP contribution in [-0.4, -0.2) is 49.9 Å².